The lowest BCUT2D eigenvalue weighted by atomic mass is 10.0. The van der Waals surface area contributed by atoms with Gasteiger partial charge in [0.25, 0.3) is 21.8 Å². The average molecular weight is 561 g/mol. The summed E-state index contributed by atoms with van der Waals surface area (Å²) in [4.78, 5) is 28.7. The Hall–Kier alpha value is -2.92. The highest BCUT2D eigenvalue weighted by Crippen LogP contribution is 2.37. The quantitative estimate of drug-likeness (QED) is 0.472. The molecule has 3 heterocycles. The van der Waals surface area contributed by atoms with Gasteiger partial charge in [0.15, 0.2) is 0 Å². The van der Waals surface area contributed by atoms with Gasteiger partial charge in [-0.2, -0.15) is 0 Å². The molecule has 2 aliphatic heterocycles. The summed E-state index contributed by atoms with van der Waals surface area (Å²) in [5.41, 5.74) is 8.96. The van der Waals surface area contributed by atoms with Crippen molar-refractivity contribution in [3.05, 3.63) is 75.7 Å². The number of fused-ring (bicyclic) bond motifs is 2. The van der Waals surface area contributed by atoms with Crippen LogP contribution in [-0.4, -0.2) is 44.8 Å². The van der Waals surface area contributed by atoms with Crippen LogP contribution in [0.3, 0.4) is 0 Å². The largest absolute Gasteiger partial charge is 0.365 e. The minimum atomic E-state index is -3.77. The molecule has 0 bridgehead atoms. The normalized spacial score (nSPS) is 15.3. The Balaban J connectivity index is 0.00000320. The van der Waals surface area contributed by atoms with Gasteiger partial charge < -0.3 is 11.1 Å². The van der Waals surface area contributed by atoms with E-state index < -0.39 is 21.8 Å². The van der Waals surface area contributed by atoms with Crippen molar-refractivity contribution in [3.8, 4) is 0 Å². The zero-order valence-electron chi connectivity index (χ0n) is 20.4. The van der Waals surface area contributed by atoms with Crippen LogP contribution >= 0.6 is 23.7 Å². The number of thiophene rings is 1. The molecule has 0 atom stereocenters. The number of primary amides is 1. The molecule has 11 heteroatoms. The molecule has 5 rings (SSSR count). The Morgan fingerprint density at radius 2 is 1.78 bits per heavy atom. The van der Waals surface area contributed by atoms with Gasteiger partial charge in [-0.3, -0.25) is 18.8 Å². The van der Waals surface area contributed by atoms with Crippen molar-refractivity contribution in [1.82, 2.24) is 4.90 Å². The number of sulfonamides is 1. The molecule has 0 saturated heterocycles. The molecule has 196 valence electrons. The van der Waals surface area contributed by atoms with E-state index in [1.165, 1.54) is 39.9 Å². The molecule has 0 radical (unpaired) electrons. The molecule has 2 aliphatic rings. The summed E-state index contributed by atoms with van der Waals surface area (Å²) in [6, 6.07) is 13.4. The minimum Gasteiger partial charge on any atom is -0.365 e. The van der Waals surface area contributed by atoms with Crippen molar-refractivity contribution in [2.24, 2.45) is 5.73 Å². The van der Waals surface area contributed by atoms with Crippen LogP contribution in [-0.2, 0) is 29.4 Å². The van der Waals surface area contributed by atoms with E-state index in [1.807, 2.05) is 24.3 Å². The molecule has 2 aromatic carbocycles. The summed E-state index contributed by atoms with van der Waals surface area (Å²) in [5.74, 6) is -0.980. The molecular weight excluding hydrogens is 532 g/mol. The third kappa shape index (κ3) is 5.11. The number of hydrogen-bond donors (Lipinski definition) is 2. The Kier molecular flexibility index (Phi) is 7.94. The van der Waals surface area contributed by atoms with Crippen LogP contribution in [0.1, 0.15) is 50.1 Å². The van der Waals surface area contributed by atoms with Crippen molar-refractivity contribution >= 4 is 56.3 Å². The van der Waals surface area contributed by atoms with Crippen LogP contribution in [0.25, 0.3) is 0 Å². The van der Waals surface area contributed by atoms with Gasteiger partial charge in [-0.15, -0.1) is 23.7 Å². The number of hydrogen-bond acceptors (Lipinski definition) is 6. The maximum absolute atomic E-state index is 13.4. The lowest BCUT2D eigenvalue weighted by Crippen LogP contribution is -2.35. The Labute approximate surface area is 226 Å². The average Bonchev–Trinajstić information content (AvgIpc) is 3.25. The van der Waals surface area contributed by atoms with Crippen LogP contribution < -0.4 is 15.4 Å². The van der Waals surface area contributed by atoms with E-state index in [4.69, 9.17) is 5.73 Å². The van der Waals surface area contributed by atoms with Crippen LogP contribution in [0.5, 0.6) is 0 Å². The molecule has 0 unspecified atom stereocenters. The van der Waals surface area contributed by atoms with Gasteiger partial charge in [0.05, 0.1) is 16.1 Å². The maximum Gasteiger partial charge on any atom is 0.264 e. The second-order valence-corrected chi connectivity index (χ2v) is 11.9. The van der Waals surface area contributed by atoms with Gasteiger partial charge in [0.2, 0.25) is 0 Å². The van der Waals surface area contributed by atoms with Crippen LogP contribution in [0.4, 0.5) is 10.7 Å². The fourth-order valence-corrected chi connectivity index (χ4v) is 7.74. The van der Waals surface area contributed by atoms with Crippen LogP contribution in [0, 0.1) is 0 Å². The summed E-state index contributed by atoms with van der Waals surface area (Å²) in [6.45, 7) is 4.97. The first-order chi connectivity index (χ1) is 17.3. The molecule has 37 heavy (non-hydrogen) atoms. The van der Waals surface area contributed by atoms with Crippen molar-refractivity contribution in [3.63, 3.8) is 0 Å². The third-order valence-corrected chi connectivity index (χ3v) is 9.79. The van der Waals surface area contributed by atoms with Crippen molar-refractivity contribution < 1.29 is 18.0 Å². The number of para-hydroxylation sites is 1. The zero-order valence-corrected chi connectivity index (χ0v) is 22.8. The van der Waals surface area contributed by atoms with E-state index in [-0.39, 0.29) is 17.3 Å². The molecule has 1 aromatic heterocycles. The van der Waals surface area contributed by atoms with E-state index in [1.54, 1.807) is 0 Å². The first-order valence-corrected chi connectivity index (χ1v) is 14.2. The lowest BCUT2D eigenvalue weighted by Gasteiger charge is -2.30. The summed E-state index contributed by atoms with van der Waals surface area (Å²) >= 11 is 1.38. The number of benzene rings is 2. The standard InChI is InChI=1S/C26H28N4O4S2.ClH/c1-2-29-15-13-20-22(16-29)35-26(23(20)24(27)31)28-25(32)18-9-11-19(12-10-18)36(33,34)30-14-5-7-17-6-3-4-8-21(17)30;/h3-4,6,8-12H,2,5,7,13-16H2,1H3,(H2,27,31)(H,28,32);1H. The smallest absolute Gasteiger partial charge is 0.264 e. The van der Waals surface area contributed by atoms with E-state index in [0.29, 0.717) is 34.8 Å². The first-order valence-electron chi connectivity index (χ1n) is 12.0. The third-order valence-electron chi connectivity index (χ3n) is 6.83. The fourth-order valence-electron chi connectivity index (χ4n) is 4.90. The topological polar surface area (TPSA) is 113 Å². The van der Waals surface area contributed by atoms with Gasteiger partial charge in [-0.1, -0.05) is 25.1 Å². The minimum absolute atomic E-state index is 0. The highest BCUT2D eigenvalue weighted by atomic mass is 35.5. The van der Waals surface area contributed by atoms with Gasteiger partial charge >= 0.3 is 0 Å². The number of nitrogens with one attached hydrogen (secondary N) is 1. The summed E-state index contributed by atoms with van der Waals surface area (Å²) in [7, 11) is -3.77. The number of anilines is 2. The number of halogens is 1. The highest BCUT2D eigenvalue weighted by molar-refractivity contribution is 7.92. The van der Waals surface area contributed by atoms with Gasteiger partial charge in [-0.05, 0) is 67.3 Å². The van der Waals surface area contributed by atoms with E-state index >= 15 is 0 Å². The second kappa shape index (κ2) is 10.8. The first kappa shape index (κ1) is 27.1. The number of amides is 2. The van der Waals surface area contributed by atoms with Crippen LogP contribution in [0.15, 0.2) is 53.4 Å². The SMILES string of the molecule is CCN1CCc2c(sc(NC(=O)c3ccc(S(=O)(=O)N4CCCc5ccccc54)cc3)c2C(N)=O)C1.Cl. The predicted molar refractivity (Wildman–Crippen MR) is 148 cm³/mol. The zero-order chi connectivity index (χ0) is 25.4. The summed E-state index contributed by atoms with van der Waals surface area (Å²) in [5, 5.41) is 3.27. The number of rotatable bonds is 6. The second-order valence-electron chi connectivity index (χ2n) is 8.98. The summed E-state index contributed by atoms with van der Waals surface area (Å²) < 4.78 is 28.2. The van der Waals surface area contributed by atoms with Gasteiger partial charge in [0.1, 0.15) is 5.00 Å². The Morgan fingerprint density at radius 3 is 2.49 bits per heavy atom. The van der Waals surface area contributed by atoms with Gasteiger partial charge in [-0.25, -0.2) is 8.42 Å². The molecular formula is C26H29ClN4O4S2. The van der Waals surface area contributed by atoms with Gasteiger partial charge in [0, 0.05) is 30.1 Å². The van der Waals surface area contributed by atoms with E-state index in [2.05, 4.69) is 17.1 Å². The predicted octanol–water partition coefficient (Wildman–Crippen LogP) is 4.04. The molecule has 3 aromatic rings. The number of aryl methyl sites for hydroxylation is 1. The van der Waals surface area contributed by atoms with Crippen molar-refractivity contribution in [1.29, 1.82) is 0 Å². The molecule has 2 amide bonds. The molecule has 0 fully saturated rings. The number of nitrogens with zero attached hydrogens (tertiary/aromatic N) is 2. The number of carbonyl (C=O) groups excluding carboxylic acids is 2. The lowest BCUT2D eigenvalue weighted by molar-refractivity contribution is 0.1000. The van der Waals surface area contributed by atoms with E-state index in [0.717, 1.165) is 48.5 Å². The Morgan fingerprint density at radius 1 is 1.05 bits per heavy atom. The number of likely N-dealkylation sites (N-methyl/N-ethyl adjacent to an activating group) is 1. The van der Waals surface area contributed by atoms with Crippen molar-refractivity contribution in [2.75, 3.05) is 29.3 Å². The fraction of sp³-hybridized carbons (Fsp3) is 0.308. The number of carbonyl (C=O) groups is 2. The van der Waals surface area contributed by atoms with Crippen molar-refractivity contribution in [2.45, 2.75) is 37.6 Å². The van der Waals surface area contributed by atoms with Crippen LogP contribution in [0.2, 0.25) is 0 Å². The molecule has 0 aliphatic carbocycles. The maximum atomic E-state index is 13.4. The van der Waals surface area contributed by atoms with E-state index in [9.17, 15) is 18.0 Å². The summed E-state index contributed by atoms with van der Waals surface area (Å²) in [6.07, 6.45) is 2.30. The highest BCUT2D eigenvalue weighted by Gasteiger charge is 2.30. The monoisotopic (exact) mass is 560 g/mol. The molecule has 3 N–H and O–H groups in total. The molecule has 0 saturated carbocycles. The Bertz CT molecular complexity index is 1440. The molecule has 0 spiro atoms. The number of nitrogens with two attached hydrogens (primary N) is 1. The molecule has 8 nitrogen and oxygen atoms in total.